The Labute approximate surface area is 106 Å². The van der Waals surface area contributed by atoms with Crippen LogP contribution < -0.4 is 4.90 Å². The van der Waals surface area contributed by atoms with Crippen LogP contribution in [0.3, 0.4) is 0 Å². The van der Waals surface area contributed by atoms with Gasteiger partial charge in [-0.2, -0.15) is 0 Å². The summed E-state index contributed by atoms with van der Waals surface area (Å²) in [5.74, 6) is 0.533. The standard InChI is InChI=1S/C9H10BrClN2OS/c1-5-8(11)15-9(12-5)13-4-6(3-10)2-7(13)14/h6H,2-4H2,1H3. The minimum absolute atomic E-state index is 0.143. The largest absolute Gasteiger partial charge is 0.288 e. The van der Waals surface area contributed by atoms with E-state index in [1.807, 2.05) is 6.92 Å². The van der Waals surface area contributed by atoms with Gasteiger partial charge in [0.05, 0.1) is 5.69 Å². The van der Waals surface area contributed by atoms with Crippen molar-refractivity contribution in [2.45, 2.75) is 13.3 Å². The first kappa shape index (κ1) is 11.4. The summed E-state index contributed by atoms with van der Waals surface area (Å²) >= 11 is 10.7. The molecule has 0 aromatic carbocycles. The van der Waals surface area contributed by atoms with Gasteiger partial charge in [0.1, 0.15) is 4.34 Å². The summed E-state index contributed by atoms with van der Waals surface area (Å²) in [5, 5.41) is 1.58. The molecule has 1 fully saturated rings. The molecule has 1 amide bonds. The maximum atomic E-state index is 11.7. The number of hydrogen-bond donors (Lipinski definition) is 0. The van der Waals surface area contributed by atoms with Crippen LogP contribution in [0.2, 0.25) is 4.34 Å². The number of hydrogen-bond acceptors (Lipinski definition) is 3. The number of amides is 1. The Morgan fingerprint density at radius 1 is 1.73 bits per heavy atom. The molecule has 3 nitrogen and oxygen atoms in total. The van der Waals surface area contributed by atoms with Crippen molar-refractivity contribution in [2.75, 3.05) is 16.8 Å². The van der Waals surface area contributed by atoms with Gasteiger partial charge >= 0.3 is 0 Å². The quantitative estimate of drug-likeness (QED) is 0.787. The smallest absolute Gasteiger partial charge is 0.229 e. The van der Waals surface area contributed by atoms with E-state index >= 15 is 0 Å². The van der Waals surface area contributed by atoms with Crippen LogP contribution in [0, 0.1) is 12.8 Å². The van der Waals surface area contributed by atoms with Gasteiger partial charge in [0.25, 0.3) is 0 Å². The van der Waals surface area contributed by atoms with Gasteiger partial charge in [0.15, 0.2) is 5.13 Å². The summed E-state index contributed by atoms with van der Waals surface area (Å²) in [6.45, 7) is 2.60. The number of carbonyl (C=O) groups is 1. The van der Waals surface area contributed by atoms with E-state index in [4.69, 9.17) is 11.6 Å². The monoisotopic (exact) mass is 308 g/mol. The fraction of sp³-hybridized carbons (Fsp3) is 0.556. The Morgan fingerprint density at radius 2 is 2.47 bits per heavy atom. The zero-order valence-electron chi connectivity index (χ0n) is 8.17. The number of halogens is 2. The molecule has 1 saturated heterocycles. The summed E-state index contributed by atoms with van der Waals surface area (Å²) in [7, 11) is 0. The SMILES string of the molecule is Cc1nc(N2CC(CBr)CC2=O)sc1Cl. The van der Waals surface area contributed by atoms with E-state index in [9.17, 15) is 4.79 Å². The fourth-order valence-electron chi connectivity index (χ4n) is 1.55. The van der Waals surface area contributed by atoms with E-state index in [0.29, 0.717) is 16.7 Å². The third kappa shape index (κ3) is 2.19. The third-order valence-corrected chi connectivity index (χ3v) is 4.77. The Hall–Kier alpha value is -0.130. The molecule has 15 heavy (non-hydrogen) atoms. The second-order valence-corrected chi connectivity index (χ2v) is 5.81. The Balaban J connectivity index is 2.21. The minimum Gasteiger partial charge on any atom is -0.288 e. The zero-order valence-corrected chi connectivity index (χ0v) is 11.3. The summed E-state index contributed by atoms with van der Waals surface area (Å²) in [5.41, 5.74) is 0.798. The number of alkyl halides is 1. The van der Waals surface area contributed by atoms with Crippen LogP contribution in [0.5, 0.6) is 0 Å². The normalized spacial score (nSPS) is 21.4. The number of thiazole rings is 1. The Kier molecular flexibility index (Phi) is 3.33. The van der Waals surface area contributed by atoms with E-state index in [-0.39, 0.29) is 5.91 Å². The van der Waals surface area contributed by atoms with Crippen LogP contribution >= 0.6 is 38.9 Å². The van der Waals surface area contributed by atoms with Crippen molar-refractivity contribution >= 4 is 49.9 Å². The van der Waals surface area contributed by atoms with Crippen LogP contribution in [0.1, 0.15) is 12.1 Å². The van der Waals surface area contributed by atoms with Gasteiger partial charge in [-0.25, -0.2) is 4.98 Å². The second kappa shape index (κ2) is 4.39. The molecule has 2 rings (SSSR count). The molecule has 0 radical (unpaired) electrons. The zero-order chi connectivity index (χ0) is 11.0. The maximum absolute atomic E-state index is 11.7. The number of aromatic nitrogens is 1. The molecule has 1 aromatic heterocycles. The number of carbonyl (C=O) groups excluding carboxylic acids is 1. The highest BCUT2D eigenvalue weighted by atomic mass is 79.9. The molecule has 0 saturated carbocycles. The van der Waals surface area contributed by atoms with E-state index in [1.165, 1.54) is 11.3 Å². The summed E-state index contributed by atoms with van der Waals surface area (Å²) in [4.78, 5) is 17.7. The number of anilines is 1. The van der Waals surface area contributed by atoms with Crippen molar-refractivity contribution in [2.24, 2.45) is 5.92 Å². The molecule has 2 heterocycles. The molecule has 1 atom stereocenters. The molecule has 1 unspecified atom stereocenters. The second-order valence-electron chi connectivity index (χ2n) is 3.58. The van der Waals surface area contributed by atoms with E-state index in [0.717, 1.165) is 22.7 Å². The molecule has 82 valence electrons. The molecule has 0 aliphatic carbocycles. The number of rotatable bonds is 2. The van der Waals surface area contributed by atoms with Gasteiger partial charge in [0.2, 0.25) is 5.91 Å². The van der Waals surface area contributed by atoms with Crippen molar-refractivity contribution in [3.05, 3.63) is 10.0 Å². The van der Waals surface area contributed by atoms with Gasteiger partial charge in [-0.3, -0.25) is 9.69 Å². The summed E-state index contributed by atoms with van der Waals surface area (Å²) in [6, 6.07) is 0. The highest BCUT2D eigenvalue weighted by Gasteiger charge is 2.31. The Bertz CT molecular complexity index is 376. The van der Waals surface area contributed by atoms with Gasteiger partial charge < -0.3 is 0 Å². The van der Waals surface area contributed by atoms with E-state index < -0.39 is 0 Å². The lowest BCUT2D eigenvalue weighted by Crippen LogP contribution is -2.24. The molecule has 1 aliphatic heterocycles. The molecular formula is C9H10BrClN2OS. The lowest BCUT2D eigenvalue weighted by molar-refractivity contribution is -0.117. The fourth-order valence-corrected chi connectivity index (χ4v) is 3.06. The molecular weight excluding hydrogens is 300 g/mol. The van der Waals surface area contributed by atoms with E-state index in [2.05, 4.69) is 20.9 Å². The van der Waals surface area contributed by atoms with Crippen molar-refractivity contribution in [3.63, 3.8) is 0 Å². The van der Waals surface area contributed by atoms with Crippen molar-refractivity contribution in [1.29, 1.82) is 0 Å². The molecule has 6 heteroatoms. The number of nitrogens with zero attached hydrogens (tertiary/aromatic N) is 2. The highest BCUT2D eigenvalue weighted by Crippen LogP contribution is 2.33. The van der Waals surface area contributed by atoms with Gasteiger partial charge in [-0.1, -0.05) is 38.9 Å². The number of aryl methyl sites for hydroxylation is 1. The molecule has 0 spiro atoms. The molecule has 1 aromatic rings. The average Bonchev–Trinajstić information content (AvgIpc) is 2.71. The van der Waals surface area contributed by atoms with Crippen molar-refractivity contribution in [1.82, 2.24) is 4.98 Å². The molecule has 1 aliphatic rings. The van der Waals surface area contributed by atoms with Gasteiger partial charge in [0, 0.05) is 18.3 Å². The molecule has 0 N–H and O–H groups in total. The Morgan fingerprint density at radius 3 is 2.93 bits per heavy atom. The van der Waals surface area contributed by atoms with Gasteiger partial charge in [-0.05, 0) is 12.8 Å². The third-order valence-electron chi connectivity index (χ3n) is 2.38. The van der Waals surface area contributed by atoms with E-state index in [1.54, 1.807) is 4.90 Å². The van der Waals surface area contributed by atoms with Gasteiger partial charge in [-0.15, -0.1) is 0 Å². The van der Waals surface area contributed by atoms with Crippen LogP contribution in [0.15, 0.2) is 0 Å². The van der Waals surface area contributed by atoms with Crippen LogP contribution in [-0.4, -0.2) is 22.8 Å². The topological polar surface area (TPSA) is 33.2 Å². The molecule has 0 bridgehead atoms. The lowest BCUT2D eigenvalue weighted by Gasteiger charge is -2.11. The first-order valence-corrected chi connectivity index (χ1v) is 6.92. The first-order chi connectivity index (χ1) is 7.11. The average molecular weight is 310 g/mol. The van der Waals surface area contributed by atoms with Crippen LogP contribution in [0.4, 0.5) is 5.13 Å². The maximum Gasteiger partial charge on any atom is 0.229 e. The summed E-state index contributed by atoms with van der Waals surface area (Å²) in [6.07, 6.45) is 0.599. The predicted octanol–water partition coefficient (Wildman–Crippen LogP) is 2.85. The first-order valence-electron chi connectivity index (χ1n) is 4.61. The van der Waals surface area contributed by atoms with Crippen LogP contribution in [0.25, 0.3) is 0 Å². The van der Waals surface area contributed by atoms with Crippen LogP contribution in [-0.2, 0) is 4.79 Å². The predicted molar refractivity (Wildman–Crippen MR) is 66.1 cm³/mol. The van der Waals surface area contributed by atoms with Crippen molar-refractivity contribution in [3.8, 4) is 0 Å². The minimum atomic E-state index is 0.143. The lowest BCUT2D eigenvalue weighted by atomic mass is 10.2. The highest BCUT2D eigenvalue weighted by molar-refractivity contribution is 9.09. The van der Waals surface area contributed by atoms with Crippen molar-refractivity contribution < 1.29 is 4.79 Å². The summed E-state index contributed by atoms with van der Waals surface area (Å²) < 4.78 is 0.667.